The van der Waals surface area contributed by atoms with Gasteiger partial charge in [-0.2, -0.15) is 0 Å². The molecule has 0 atom stereocenters. The monoisotopic (exact) mass is 322 g/mol. The predicted octanol–water partition coefficient (Wildman–Crippen LogP) is 3.27. The van der Waals surface area contributed by atoms with E-state index < -0.39 is 0 Å². The molecule has 0 aliphatic carbocycles. The largest absolute Gasteiger partial charge is 0.347 e. The number of rotatable bonds is 4. The van der Waals surface area contributed by atoms with Gasteiger partial charge in [0.2, 0.25) is 0 Å². The van der Waals surface area contributed by atoms with Crippen molar-refractivity contribution in [3.05, 3.63) is 56.8 Å². The maximum Gasteiger partial charge on any atom is 0.261 e. The summed E-state index contributed by atoms with van der Waals surface area (Å²) in [7, 11) is 0. The Kier molecular flexibility index (Phi) is 5.39. The van der Waals surface area contributed by atoms with E-state index in [2.05, 4.69) is 35.8 Å². The maximum atomic E-state index is 12.2. The van der Waals surface area contributed by atoms with Gasteiger partial charge in [-0.15, -0.1) is 23.7 Å². The molecule has 1 aliphatic heterocycles. The molecule has 1 aromatic carbocycles. The molecule has 112 valence electrons. The van der Waals surface area contributed by atoms with Crippen molar-refractivity contribution < 1.29 is 4.79 Å². The molecule has 1 aromatic heterocycles. The summed E-state index contributed by atoms with van der Waals surface area (Å²) in [5.74, 6) is 0.0375. The molecule has 5 heteroatoms. The topological polar surface area (TPSA) is 41.1 Å². The third kappa shape index (κ3) is 3.46. The van der Waals surface area contributed by atoms with E-state index in [-0.39, 0.29) is 18.3 Å². The molecule has 0 spiro atoms. The predicted molar refractivity (Wildman–Crippen MR) is 89.1 cm³/mol. The summed E-state index contributed by atoms with van der Waals surface area (Å²) in [6, 6.07) is 8.46. The highest BCUT2D eigenvalue weighted by atomic mass is 35.5. The molecule has 0 saturated carbocycles. The molecular weight excluding hydrogens is 304 g/mol. The standard InChI is InChI=1S/C16H18N2OS.ClH/c1-2-12-5-6-20-15(12)16(19)18-8-11-3-4-13-9-17-10-14(13)7-11;/h3-7,17H,2,8-10H2,1H3,(H,18,19);1H. The molecule has 1 aliphatic rings. The molecular formula is C16H19ClN2OS. The summed E-state index contributed by atoms with van der Waals surface area (Å²) >= 11 is 1.52. The van der Waals surface area contributed by atoms with Gasteiger partial charge in [-0.05, 0) is 40.1 Å². The zero-order valence-corrected chi connectivity index (χ0v) is 13.6. The number of carbonyl (C=O) groups is 1. The van der Waals surface area contributed by atoms with E-state index in [4.69, 9.17) is 0 Å². The SMILES string of the molecule is CCc1ccsc1C(=O)NCc1ccc2c(c1)CNC2.Cl. The molecule has 2 heterocycles. The van der Waals surface area contributed by atoms with Crippen molar-refractivity contribution in [2.24, 2.45) is 0 Å². The fourth-order valence-electron chi connectivity index (χ4n) is 2.53. The van der Waals surface area contributed by atoms with Gasteiger partial charge in [0.05, 0.1) is 4.88 Å². The number of hydrogen-bond acceptors (Lipinski definition) is 3. The Morgan fingerprint density at radius 3 is 2.90 bits per heavy atom. The Hall–Kier alpha value is -1.36. The van der Waals surface area contributed by atoms with Gasteiger partial charge in [-0.3, -0.25) is 4.79 Å². The number of nitrogens with one attached hydrogen (secondary N) is 2. The Labute approximate surface area is 135 Å². The fraction of sp³-hybridized carbons (Fsp3) is 0.312. The summed E-state index contributed by atoms with van der Waals surface area (Å²) in [6.07, 6.45) is 0.900. The van der Waals surface area contributed by atoms with Gasteiger partial charge >= 0.3 is 0 Å². The Bertz CT molecular complexity index is 639. The highest BCUT2D eigenvalue weighted by Crippen LogP contribution is 2.19. The molecule has 21 heavy (non-hydrogen) atoms. The van der Waals surface area contributed by atoms with E-state index in [0.29, 0.717) is 6.54 Å². The van der Waals surface area contributed by atoms with E-state index in [0.717, 1.165) is 35.5 Å². The van der Waals surface area contributed by atoms with Crippen LogP contribution in [0.15, 0.2) is 29.6 Å². The normalized spacial score (nSPS) is 12.6. The fourth-order valence-corrected chi connectivity index (χ4v) is 3.45. The number of carbonyl (C=O) groups excluding carboxylic acids is 1. The lowest BCUT2D eigenvalue weighted by Crippen LogP contribution is -2.22. The van der Waals surface area contributed by atoms with Crippen LogP contribution in [-0.4, -0.2) is 5.91 Å². The van der Waals surface area contributed by atoms with Crippen LogP contribution in [0.1, 0.15) is 38.8 Å². The molecule has 1 amide bonds. The number of thiophene rings is 1. The van der Waals surface area contributed by atoms with E-state index >= 15 is 0 Å². The van der Waals surface area contributed by atoms with Gasteiger partial charge in [0, 0.05) is 19.6 Å². The molecule has 0 unspecified atom stereocenters. The minimum atomic E-state index is 0. The first kappa shape index (κ1) is 16.0. The second-order valence-corrected chi connectivity index (χ2v) is 5.93. The van der Waals surface area contributed by atoms with Crippen LogP contribution in [0, 0.1) is 0 Å². The molecule has 2 aromatic rings. The molecule has 3 rings (SSSR count). The lowest BCUT2D eigenvalue weighted by Gasteiger charge is -2.07. The zero-order valence-electron chi connectivity index (χ0n) is 11.9. The first-order valence-corrected chi connectivity index (χ1v) is 7.82. The van der Waals surface area contributed by atoms with Crippen molar-refractivity contribution in [2.45, 2.75) is 33.0 Å². The van der Waals surface area contributed by atoms with E-state index in [1.807, 2.05) is 11.4 Å². The summed E-state index contributed by atoms with van der Waals surface area (Å²) in [5.41, 5.74) is 5.01. The van der Waals surface area contributed by atoms with Crippen LogP contribution in [0.4, 0.5) is 0 Å². The van der Waals surface area contributed by atoms with Gasteiger partial charge < -0.3 is 10.6 Å². The lowest BCUT2D eigenvalue weighted by molar-refractivity contribution is 0.0954. The van der Waals surface area contributed by atoms with E-state index in [1.165, 1.54) is 22.5 Å². The minimum absolute atomic E-state index is 0. The van der Waals surface area contributed by atoms with Crippen LogP contribution in [0.3, 0.4) is 0 Å². The highest BCUT2D eigenvalue weighted by molar-refractivity contribution is 7.12. The Morgan fingerprint density at radius 1 is 1.29 bits per heavy atom. The molecule has 0 bridgehead atoms. The summed E-state index contributed by atoms with van der Waals surface area (Å²) in [4.78, 5) is 13.0. The lowest BCUT2D eigenvalue weighted by atomic mass is 10.1. The number of aryl methyl sites for hydroxylation is 1. The van der Waals surface area contributed by atoms with Crippen LogP contribution in [0.25, 0.3) is 0 Å². The zero-order chi connectivity index (χ0) is 13.9. The number of hydrogen-bond donors (Lipinski definition) is 2. The summed E-state index contributed by atoms with van der Waals surface area (Å²) < 4.78 is 0. The quantitative estimate of drug-likeness (QED) is 0.907. The van der Waals surface area contributed by atoms with Crippen LogP contribution in [0.2, 0.25) is 0 Å². The van der Waals surface area contributed by atoms with Crippen molar-refractivity contribution >= 4 is 29.7 Å². The molecule has 0 fully saturated rings. The van der Waals surface area contributed by atoms with Crippen molar-refractivity contribution in [2.75, 3.05) is 0 Å². The van der Waals surface area contributed by atoms with Gasteiger partial charge in [0.1, 0.15) is 0 Å². The second-order valence-electron chi connectivity index (χ2n) is 5.02. The third-order valence-corrected chi connectivity index (χ3v) is 4.64. The number of halogens is 1. The second kappa shape index (κ2) is 7.07. The van der Waals surface area contributed by atoms with E-state index in [9.17, 15) is 4.79 Å². The van der Waals surface area contributed by atoms with E-state index in [1.54, 1.807) is 0 Å². The van der Waals surface area contributed by atoms with Crippen molar-refractivity contribution in [3.63, 3.8) is 0 Å². The minimum Gasteiger partial charge on any atom is -0.347 e. The van der Waals surface area contributed by atoms with Gasteiger partial charge in [0.25, 0.3) is 5.91 Å². The first-order valence-electron chi connectivity index (χ1n) is 6.94. The summed E-state index contributed by atoms with van der Waals surface area (Å²) in [6.45, 7) is 4.55. The van der Waals surface area contributed by atoms with Crippen molar-refractivity contribution in [1.82, 2.24) is 10.6 Å². The Morgan fingerprint density at radius 2 is 2.10 bits per heavy atom. The van der Waals surface area contributed by atoms with Gasteiger partial charge in [-0.1, -0.05) is 25.1 Å². The van der Waals surface area contributed by atoms with Crippen molar-refractivity contribution in [1.29, 1.82) is 0 Å². The molecule has 3 nitrogen and oxygen atoms in total. The number of amides is 1. The first-order chi connectivity index (χ1) is 9.78. The molecule has 2 N–H and O–H groups in total. The van der Waals surface area contributed by atoms with Crippen LogP contribution in [0.5, 0.6) is 0 Å². The third-order valence-electron chi connectivity index (χ3n) is 3.69. The maximum absolute atomic E-state index is 12.2. The van der Waals surface area contributed by atoms with Gasteiger partial charge in [-0.25, -0.2) is 0 Å². The van der Waals surface area contributed by atoms with Crippen LogP contribution in [-0.2, 0) is 26.1 Å². The van der Waals surface area contributed by atoms with Crippen molar-refractivity contribution in [3.8, 4) is 0 Å². The Balaban J connectivity index is 0.00000161. The highest BCUT2D eigenvalue weighted by Gasteiger charge is 2.13. The number of fused-ring (bicyclic) bond motifs is 1. The average Bonchev–Trinajstić information content (AvgIpc) is 3.12. The van der Waals surface area contributed by atoms with Crippen LogP contribution < -0.4 is 10.6 Å². The molecule has 0 saturated heterocycles. The van der Waals surface area contributed by atoms with Crippen LogP contribution >= 0.6 is 23.7 Å². The smallest absolute Gasteiger partial charge is 0.261 e. The number of benzene rings is 1. The molecule has 0 radical (unpaired) electrons. The summed E-state index contributed by atoms with van der Waals surface area (Å²) in [5, 5.41) is 8.33. The van der Waals surface area contributed by atoms with Gasteiger partial charge in [0.15, 0.2) is 0 Å². The average molecular weight is 323 g/mol.